The van der Waals surface area contributed by atoms with E-state index in [1.54, 1.807) is 0 Å². The Bertz CT molecular complexity index is 824. The third-order valence-corrected chi connectivity index (χ3v) is 4.66. The first-order chi connectivity index (χ1) is 13.3. The Morgan fingerprint density at radius 1 is 1.25 bits per heavy atom. The summed E-state index contributed by atoms with van der Waals surface area (Å²) in [7, 11) is 0. The maximum absolute atomic E-state index is 12.7. The fraction of sp³-hybridized carbons (Fsp3) is 0.450. The number of aromatic hydroxyl groups is 1. The molecule has 152 valence electrons. The fourth-order valence-electron chi connectivity index (χ4n) is 2.96. The minimum Gasteiger partial charge on any atom is -0.501 e. The number of carbonyl (C=O) groups is 1. The largest absolute Gasteiger partial charge is 0.501 e. The predicted octanol–water partition coefficient (Wildman–Crippen LogP) is 2.60. The molecule has 1 heterocycles. The molecule has 1 saturated carbocycles. The molecule has 0 spiro atoms. The molecule has 0 aliphatic heterocycles. The van der Waals surface area contributed by atoms with Gasteiger partial charge in [0.05, 0.1) is 6.33 Å². The number of rotatable bonds is 3. The highest BCUT2D eigenvalue weighted by molar-refractivity contribution is 5.94. The highest BCUT2D eigenvalue weighted by Crippen LogP contribution is 2.23. The first kappa shape index (κ1) is 21.6. The Hall–Kier alpha value is -2.74. The molecule has 1 aromatic heterocycles. The second kappa shape index (κ2) is 9.98. The third-order valence-electron chi connectivity index (χ3n) is 4.66. The second-order valence-electron chi connectivity index (χ2n) is 7.31. The maximum Gasteiger partial charge on any atom is 0.293 e. The number of nitrogens with zero attached hydrogens (tertiary/aromatic N) is 1. The lowest BCUT2D eigenvalue weighted by Gasteiger charge is -2.21. The number of hydrogen-bond donors (Lipinski definition) is 4. The van der Waals surface area contributed by atoms with Crippen molar-refractivity contribution in [2.24, 2.45) is 5.73 Å². The van der Waals surface area contributed by atoms with Crippen LogP contribution in [-0.2, 0) is 6.54 Å². The monoisotopic (exact) mass is 390 g/mol. The summed E-state index contributed by atoms with van der Waals surface area (Å²) in [5.74, 6) is -1.80. The van der Waals surface area contributed by atoms with Gasteiger partial charge in [0.25, 0.3) is 11.5 Å². The van der Waals surface area contributed by atoms with E-state index in [0.717, 1.165) is 6.33 Å². The molecule has 0 saturated heterocycles. The Morgan fingerprint density at radius 2 is 1.86 bits per heavy atom. The average Bonchev–Trinajstić information content (AvgIpc) is 2.87. The van der Waals surface area contributed by atoms with E-state index in [0.29, 0.717) is 5.56 Å². The minimum atomic E-state index is -0.790. The van der Waals surface area contributed by atoms with Crippen LogP contribution in [0.15, 0.2) is 35.4 Å². The summed E-state index contributed by atoms with van der Waals surface area (Å²) in [5.41, 5.74) is 5.68. The van der Waals surface area contributed by atoms with Crippen LogP contribution in [-0.4, -0.2) is 26.5 Å². The van der Waals surface area contributed by atoms with Gasteiger partial charge in [0.2, 0.25) is 5.75 Å². The van der Waals surface area contributed by atoms with Crippen molar-refractivity contribution in [3.05, 3.63) is 58.0 Å². The SMILES string of the molecule is CC1(N)CCCCCC1.O=C(NCc1ccc(F)cc1)c1nc[nH]c(=O)c1O. The maximum atomic E-state index is 12.7. The number of nitrogens with two attached hydrogens (primary N) is 1. The van der Waals surface area contributed by atoms with Crippen molar-refractivity contribution >= 4 is 5.91 Å². The quantitative estimate of drug-likeness (QED) is 0.600. The normalized spacial score (nSPS) is 15.7. The number of halogens is 1. The molecule has 1 amide bonds. The van der Waals surface area contributed by atoms with Crippen molar-refractivity contribution in [3.8, 4) is 5.75 Å². The molecule has 5 N–H and O–H groups in total. The fourth-order valence-corrected chi connectivity index (χ4v) is 2.96. The number of nitrogens with one attached hydrogen (secondary N) is 2. The van der Waals surface area contributed by atoms with Crippen LogP contribution >= 0.6 is 0 Å². The van der Waals surface area contributed by atoms with E-state index in [2.05, 4.69) is 22.2 Å². The van der Waals surface area contributed by atoms with Crippen LogP contribution in [0.25, 0.3) is 0 Å². The molecule has 1 aromatic carbocycles. The van der Waals surface area contributed by atoms with Crippen LogP contribution in [0.4, 0.5) is 4.39 Å². The van der Waals surface area contributed by atoms with Crippen molar-refractivity contribution in [2.45, 2.75) is 57.5 Å². The minimum absolute atomic E-state index is 0.132. The van der Waals surface area contributed by atoms with Gasteiger partial charge < -0.3 is 21.1 Å². The van der Waals surface area contributed by atoms with Crippen molar-refractivity contribution in [1.29, 1.82) is 0 Å². The van der Waals surface area contributed by atoms with Gasteiger partial charge in [-0.3, -0.25) is 9.59 Å². The summed E-state index contributed by atoms with van der Waals surface area (Å²) >= 11 is 0. The molecule has 0 radical (unpaired) electrons. The number of carbonyl (C=O) groups excluding carboxylic acids is 1. The van der Waals surface area contributed by atoms with Gasteiger partial charge in [-0.15, -0.1) is 0 Å². The van der Waals surface area contributed by atoms with Gasteiger partial charge in [-0.1, -0.05) is 37.8 Å². The predicted molar refractivity (Wildman–Crippen MR) is 104 cm³/mol. The highest BCUT2D eigenvalue weighted by atomic mass is 19.1. The molecule has 7 nitrogen and oxygen atoms in total. The van der Waals surface area contributed by atoms with Gasteiger partial charge in [0.15, 0.2) is 5.69 Å². The molecule has 2 aromatic rings. The van der Waals surface area contributed by atoms with Crippen LogP contribution in [0.1, 0.15) is 61.5 Å². The van der Waals surface area contributed by atoms with E-state index >= 15 is 0 Å². The van der Waals surface area contributed by atoms with Gasteiger partial charge >= 0.3 is 0 Å². The summed E-state index contributed by atoms with van der Waals surface area (Å²) < 4.78 is 12.7. The number of amides is 1. The van der Waals surface area contributed by atoms with Crippen LogP contribution in [0.3, 0.4) is 0 Å². The molecule has 0 unspecified atom stereocenters. The number of benzene rings is 1. The molecular weight excluding hydrogens is 363 g/mol. The van der Waals surface area contributed by atoms with Crippen LogP contribution in [0.2, 0.25) is 0 Å². The third kappa shape index (κ3) is 6.77. The number of hydrogen-bond acceptors (Lipinski definition) is 5. The van der Waals surface area contributed by atoms with Gasteiger partial charge in [-0.25, -0.2) is 9.37 Å². The van der Waals surface area contributed by atoms with E-state index in [1.165, 1.54) is 62.8 Å². The lowest BCUT2D eigenvalue weighted by atomic mass is 9.94. The van der Waals surface area contributed by atoms with E-state index in [4.69, 9.17) is 5.73 Å². The molecule has 0 bridgehead atoms. The first-order valence-corrected chi connectivity index (χ1v) is 9.37. The lowest BCUT2D eigenvalue weighted by molar-refractivity contribution is 0.0942. The summed E-state index contributed by atoms with van der Waals surface area (Å²) in [6.07, 6.45) is 8.95. The first-order valence-electron chi connectivity index (χ1n) is 9.37. The average molecular weight is 390 g/mol. The Morgan fingerprint density at radius 3 is 2.46 bits per heavy atom. The lowest BCUT2D eigenvalue weighted by Crippen LogP contribution is -2.34. The summed E-state index contributed by atoms with van der Waals surface area (Å²) in [4.78, 5) is 28.5. The molecule has 8 heteroatoms. The van der Waals surface area contributed by atoms with Crippen LogP contribution < -0.4 is 16.6 Å². The summed E-state index contributed by atoms with van der Waals surface area (Å²) in [6.45, 7) is 2.31. The van der Waals surface area contributed by atoms with Crippen molar-refractivity contribution in [2.75, 3.05) is 0 Å². The van der Waals surface area contributed by atoms with Gasteiger partial charge in [0, 0.05) is 12.1 Å². The van der Waals surface area contributed by atoms with E-state index < -0.39 is 17.2 Å². The zero-order chi connectivity index (χ0) is 20.6. The molecule has 1 aliphatic carbocycles. The second-order valence-corrected chi connectivity index (χ2v) is 7.31. The van der Waals surface area contributed by atoms with E-state index in [9.17, 15) is 19.1 Å². The van der Waals surface area contributed by atoms with Gasteiger partial charge in [-0.05, 0) is 37.5 Å². The van der Waals surface area contributed by atoms with E-state index in [1.807, 2.05) is 0 Å². The zero-order valence-electron chi connectivity index (χ0n) is 16.0. The van der Waals surface area contributed by atoms with Gasteiger partial charge in [-0.2, -0.15) is 0 Å². The van der Waals surface area contributed by atoms with Crippen molar-refractivity contribution < 1.29 is 14.3 Å². The summed E-state index contributed by atoms with van der Waals surface area (Å²) in [5, 5.41) is 11.9. The number of H-pyrrole nitrogens is 1. The standard InChI is InChI=1S/C12H10FN3O3.C8H17N/c13-8-3-1-7(2-4-8)5-14-11(18)9-10(17)12(19)16-6-15-9;1-8(9)6-4-2-3-5-7-8/h1-4,6,17H,5H2,(H,14,18)(H,15,16,19);2-7,9H2,1H3. The zero-order valence-corrected chi connectivity index (χ0v) is 16.0. The highest BCUT2D eigenvalue weighted by Gasteiger charge is 2.19. The molecule has 3 rings (SSSR count). The summed E-state index contributed by atoms with van der Waals surface area (Å²) in [6, 6.07) is 5.57. The van der Waals surface area contributed by atoms with E-state index in [-0.39, 0.29) is 23.6 Å². The molecular formula is C20H27FN4O3. The van der Waals surface area contributed by atoms with Crippen LogP contribution in [0, 0.1) is 5.82 Å². The molecule has 0 atom stereocenters. The van der Waals surface area contributed by atoms with Crippen LogP contribution in [0.5, 0.6) is 5.75 Å². The Labute approximate surface area is 163 Å². The molecule has 28 heavy (non-hydrogen) atoms. The molecule has 1 fully saturated rings. The van der Waals surface area contributed by atoms with Gasteiger partial charge in [0.1, 0.15) is 5.82 Å². The number of aromatic nitrogens is 2. The van der Waals surface area contributed by atoms with Crippen molar-refractivity contribution in [1.82, 2.24) is 15.3 Å². The Kier molecular flexibility index (Phi) is 7.69. The molecule has 1 aliphatic rings. The van der Waals surface area contributed by atoms with Crippen molar-refractivity contribution in [3.63, 3.8) is 0 Å². The topological polar surface area (TPSA) is 121 Å². The Balaban J connectivity index is 0.000000261. The number of aromatic amines is 1. The smallest absolute Gasteiger partial charge is 0.293 e.